The highest BCUT2D eigenvalue weighted by Gasteiger charge is 2.58. The molecular weight excluding hydrogens is 320 g/mol. The van der Waals surface area contributed by atoms with E-state index >= 15 is 0 Å². The lowest BCUT2D eigenvalue weighted by molar-refractivity contribution is -0.0668. The third kappa shape index (κ3) is 3.09. The molecule has 0 saturated heterocycles. The monoisotopic (exact) mass is 362 g/mol. The van der Waals surface area contributed by atoms with Crippen molar-refractivity contribution in [1.29, 1.82) is 0 Å². The highest BCUT2D eigenvalue weighted by atomic mass is 16.3. The highest BCUT2D eigenvalue weighted by molar-refractivity contribution is 5.26. The van der Waals surface area contributed by atoms with Crippen LogP contribution in [0.3, 0.4) is 0 Å². The molecule has 150 valence electrons. The van der Waals surface area contributed by atoms with Gasteiger partial charge in [0, 0.05) is 6.61 Å². The van der Waals surface area contributed by atoms with E-state index < -0.39 is 5.60 Å². The van der Waals surface area contributed by atoms with Gasteiger partial charge in [-0.25, -0.2) is 0 Å². The van der Waals surface area contributed by atoms with Gasteiger partial charge in [0.2, 0.25) is 0 Å². The fourth-order valence-electron chi connectivity index (χ4n) is 7.54. The van der Waals surface area contributed by atoms with Gasteiger partial charge in [0.15, 0.2) is 0 Å². The van der Waals surface area contributed by atoms with Crippen molar-refractivity contribution in [3.8, 4) is 0 Å². The van der Waals surface area contributed by atoms with Gasteiger partial charge in [-0.3, -0.25) is 0 Å². The summed E-state index contributed by atoms with van der Waals surface area (Å²) in [5.74, 6) is 3.24. The molecule has 3 fully saturated rings. The maximum Gasteiger partial charge on any atom is 0.0657 e. The van der Waals surface area contributed by atoms with Crippen molar-refractivity contribution in [1.82, 2.24) is 0 Å². The second-order valence-electron chi connectivity index (χ2n) is 10.3. The van der Waals surface area contributed by atoms with E-state index in [1.165, 1.54) is 32.1 Å². The third-order valence-corrected chi connectivity index (χ3v) is 9.05. The summed E-state index contributed by atoms with van der Waals surface area (Å²) < 4.78 is 0. The standard InChI is InChI=1S/C22H36O2.C2H6/c1-20(24)11-12-22(3)16(14-20)4-6-17-18-7-5-15(9-13-23)21(18,2)10-8-19(17)22;1-2/h4,15,17-19,23-24H,5-14H2,1-3H3;1-2H3/t15?,17?,18?,19?,20-,21?,22?;/m0./s1. The molecule has 3 saturated carbocycles. The third-order valence-electron chi connectivity index (χ3n) is 9.05. The minimum Gasteiger partial charge on any atom is -0.396 e. The summed E-state index contributed by atoms with van der Waals surface area (Å²) in [6.45, 7) is 11.4. The van der Waals surface area contributed by atoms with Crippen LogP contribution in [0.1, 0.15) is 92.4 Å². The van der Waals surface area contributed by atoms with Crippen molar-refractivity contribution >= 4 is 0 Å². The molecule has 0 spiro atoms. The molecule has 26 heavy (non-hydrogen) atoms. The van der Waals surface area contributed by atoms with Gasteiger partial charge in [-0.15, -0.1) is 0 Å². The second-order valence-corrected chi connectivity index (χ2v) is 10.3. The molecule has 2 heteroatoms. The van der Waals surface area contributed by atoms with Crippen LogP contribution < -0.4 is 0 Å². The molecule has 0 aliphatic heterocycles. The Kier molecular flexibility index (Phi) is 5.68. The molecule has 6 unspecified atom stereocenters. The van der Waals surface area contributed by atoms with Crippen molar-refractivity contribution < 1.29 is 10.2 Å². The van der Waals surface area contributed by atoms with Gasteiger partial charge in [-0.2, -0.15) is 0 Å². The number of hydrogen-bond donors (Lipinski definition) is 2. The summed E-state index contributed by atoms with van der Waals surface area (Å²) in [5, 5.41) is 20.0. The largest absolute Gasteiger partial charge is 0.396 e. The van der Waals surface area contributed by atoms with E-state index in [4.69, 9.17) is 0 Å². The fourth-order valence-corrected chi connectivity index (χ4v) is 7.54. The Morgan fingerprint density at radius 3 is 2.42 bits per heavy atom. The Bertz CT molecular complexity index is 536. The fraction of sp³-hybridized carbons (Fsp3) is 0.917. The predicted molar refractivity (Wildman–Crippen MR) is 109 cm³/mol. The molecular formula is C24H42O2. The zero-order chi connectivity index (χ0) is 19.2. The molecule has 4 aliphatic rings. The van der Waals surface area contributed by atoms with Crippen LogP contribution in [0.2, 0.25) is 0 Å². The lowest BCUT2D eigenvalue weighted by atomic mass is 9.46. The molecule has 2 nitrogen and oxygen atoms in total. The van der Waals surface area contributed by atoms with Crippen LogP contribution in [0.25, 0.3) is 0 Å². The van der Waals surface area contributed by atoms with Gasteiger partial charge in [0.05, 0.1) is 5.60 Å². The Hall–Kier alpha value is -0.340. The van der Waals surface area contributed by atoms with E-state index in [2.05, 4.69) is 19.9 Å². The Balaban J connectivity index is 0.000000948. The first kappa shape index (κ1) is 20.4. The van der Waals surface area contributed by atoms with E-state index in [1.54, 1.807) is 5.57 Å². The van der Waals surface area contributed by atoms with E-state index in [0.717, 1.165) is 49.4 Å². The lowest BCUT2D eigenvalue weighted by Crippen LogP contribution is -2.51. The molecule has 0 aromatic carbocycles. The molecule has 0 aromatic heterocycles. The lowest BCUT2D eigenvalue weighted by Gasteiger charge is -2.59. The molecule has 4 aliphatic carbocycles. The molecule has 0 heterocycles. The number of aliphatic hydroxyl groups is 2. The number of allylic oxidation sites excluding steroid dienone is 1. The smallest absolute Gasteiger partial charge is 0.0657 e. The van der Waals surface area contributed by atoms with E-state index in [9.17, 15) is 10.2 Å². The van der Waals surface area contributed by atoms with Gasteiger partial charge in [-0.1, -0.05) is 39.3 Å². The van der Waals surface area contributed by atoms with Gasteiger partial charge in [0.1, 0.15) is 0 Å². The average molecular weight is 363 g/mol. The van der Waals surface area contributed by atoms with Crippen molar-refractivity contribution in [2.75, 3.05) is 6.61 Å². The highest BCUT2D eigenvalue weighted by Crippen LogP contribution is 2.67. The summed E-state index contributed by atoms with van der Waals surface area (Å²) in [6.07, 6.45) is 13.2. The van der Waals surface area contributed by atoms with Crippen LogP contribution in [-0.4, -0.2) is 22.4 Å². The van der Waals surface area contributed by atoms with Crippen molar-refractivity contribution in [3.05, 3.63) is 11.6 Å². The number of fused-ring (bicyclic) bond motifs is 5. The maximum absolute atomic E-state index is 10.5. The van der Waals surface area contributed by atoms with E-state index in [-0.39, 0.29) is 0 Å². The van der Waals surface area contributed by atoms with E-state index in [1.807, 2.05) is 20.8 Å². The number of rotatable bonds is 2. The van der Waals surface area contributed by atoms with Crippen molar-refractivity contribution in [2.24, 2.45) is 34.5 Å². The zero-order valence-corrected chi connectivity index (χ0v) is 17.9. The van der Waals surface area contributed by atoms with Crippen molar-refractivity contribution in [3.63, 3.8) is 0 Å². The first-order valence-electron chi connectivity index (χ1n) is 11.3. The summed E-state index contributed by atoms with van der Waals surface area (Å²) in [4.78, 5) is 0. The minimum absolute atomic E-state index is 0.335. The van der Waals surface area contributed by atoms with Gasteiger partial charge < -0.3 is 10.2 Å². The van der Waals surface area contributed by atoms with Crippen LogP contribution in [0.4, 0.5) is 0 Å². The predicted octanol–water partition coefficient (Wildman–Crippen LogP) is 5.73. The summed E-state index contributed by atoms with van der Waals surface area (Å²) >= 11 is 0. The van der Waals surface area contributed by atoms with Crippen LogP contribution in [0, 0.1) is 34.5 Å². The second kappa shape index (κ2) is 7.24. The Morgan fingerprint density at radius 1 is 1.00 bits per heavy atom. The Labute approximate surface area is 161 Å². The van der Waals surface area contributed by atoms with Crippen LogP contribution in [0.5, 0.6) is 0 Å². The van der Waals surface area contributed by atoms with Gasteiger partial charge in [0.25, 0.3) is 0 Å². The molecule has 0 bridgehead atoms. The van der Waals surface area contributed by atoms with E-state index in [0.29, 0.717) is 17.4 Å². The Morgan fingerprint density at radius 2 is 1.73 bits per heavy atom. The summed E-state index contributed by atoms with van der Waals surface area (Å²) in [6, 6.07) is 0. The van der Waals surface area contributed by atoms with Crippen LogP contribution in [-0.2, 0) is 0 Å². The first-order valence-corrected chi connectivity index (χ1v) is 11.3. The summed E-state index contributed by atoms with van der Waals surface area (Å²) in [7, 11) is 0. The topological polar surface area (TPSA) is 40.5 Å². The quantitative estimate of drug-likeness (QED) is 0.616. The van der Waals surface area contributed by atoms with Crippen LogP contribution >= 0.6 is 0 Å². The van der Waals surface area contributed by atoms with Gasteiger partial charge >= 0.3 is 0 Å². The molecule has 0 amide bonds. The molecule has 7 atom stereocenters. The number of hydrogen-bond acceptors (Lipinski definition) is 2. The van der Waals surface area contributed by atoms with Crippen molar-refractivity contribution in [2.45, 2.75) is 98.0 Å². The number of aliphatic hydroxyl groups excluding tert-OH is 1. The zero-order valence-electron chi connectivity index (χ0n) is 17.9. The molecule has 4 rings (SSSR count). The maximum atomic E-state index is 10.5. The normalized spacial score (nSPS) is 49.9. The van der Waals surface area contributed by atoms with Crippen LogP contribution in [0.15, 0.2) is 11.6 Å². The molecule has 2 N–H and O–H groups in total. The molecule has 0 radical (unpaired) electrons. The average Bonchev–Trinajstić information content (AvgIpc) is 2.94. The first-order chi connectivity index (χ1) is 12.3. The minimum atomic E-state index is -0.485. The SMILES string of the molecule is CC.CC12CC[C@](C)(O)CC1=CCC1C2CCC2(C)C(CCO)CCC12. The summed E-state index contributed by atoms with van der Waals surface area (Å²) in [5.41, 5.74) is 1.88. The molecule has 0 aromatic rings. The van der Waals surface area contributed by atoms with Gasteiger partial charge in [-0.05, 0) is 99.2 Å².